The van der Waals surface area contributed by atoms with Crippen LogP contribution in [0.1, 0.15) is 0 Å². The zero-order valence-electron chi connectivity index (χ0n) is 6.77. The van der Waals surface area contributed by atoms with Gasteiger partial charge in [-0.1, -0.05) is 12.1 Å². The molecule has 1 aliphatic rings. The molecule has 1 aliphatic heterocycles. The van der Waals surface area contributed by atoms with E-state index in [2.05, 4.69) is 0 Å². The number of rotatable bonds is 1. The Morgan fingerprint density at radius 1 is 1.38 bits per heavy atom. The number of alkyl halides is 1. The SMILES string of the molecule is O=P1(CCl)COc2ccccc2O1. The van der Waals surface area contributed by atoms with Crippen molar-refractivity contribution in [2.24, 2.45) is 0 Å². The van der Waals surface area contributed by atoms with Gasteiger partial charge in [-0.15, -0.1) is 11.6 Å². The van der Waals surface area contributed by atoms with E-state index in [1.807, 2.05) is 6.07 Å². The van der Waals surface area contributed by atoms with Crippen molar-refractivity contribution in [1.82, 2.24) is 0 Å². The second-order valence-electron chi connectivity index (χ2n) is 2.75. The van der Waals surface area contributed by atoms with Crippen LogP contribution in [0.15, 0.2) is 24.3 Å². The molecule has 0 aromatic heterocycles. The third kappa shape index (κ3) is 1.67. The zero-order valence-corrected chi connectivity index (χ0v) is 8.42. The van der Waals surface area contributed by atoms with E-state index < -0.39 is 7.37 Å². The molecule has 70 valence electrons. The maximum absolute atomic E-state index is 11.7. The van der Waals surface area contributed by atoms with Crippen LogP contribution in [0, 0.1) is 0 Å². The number of benzene rings is 1. The summed E-state index contributed by atoms with van der Waals surface area (Å²) in [5, 5.41) is 0. The Morgan fingerprint density at radius 2 is 2.08 bits per heavy atom. The lowest BCUT2D eigenvalue weighted by atomic mass is 10.3. The third-order valence-electron chi connectivity index (χ3n) is 1.71. The lowest BCUT2D eigenvalue weighted by Gasteiger charge is -2.24. The van der Waals surface area contributed by atoms with Crippen LogP contribution in [-0.4, -0.2) is 12.0 Å². The molecule has 5 heteroatoms. The van der Waals surface area contributed by atoms with Crippen molar-refractivity contribution in [3.05, 3.63) is 24.3 Å². The molecule has 0 fully saturated rings. The molecule has 0 spiro atoms. The minimum absolute atomic E-state index is 0.0126. The van der Waals surface area contributed by atoms with Crippen LogP contribution in [-0.2, 0) is 4.57 Å². The smallest absolute Gasteiger partial charge is 0.298 e. The lowest BCUT2D eigenvalue weighted by Crippen LogP contribution is -2.11. The number of halogens is 1. The molecule has 0 saturated heterocycles. The standard InChI is InChI=1S/C8H8ClO3P/c9-5-13(10)6-11-7-3-1-2-4-8(7)12-13/h1-4H,5-6H2. The van der Waals surface area contributed by atoms with Gasteiger partial charge in [-0.2, -0.15) is 0 Å². The van der Waals surface area contributed by atoms with Crippen molar-refractivity contribution in [1.29, 1.82) is 0 Å². The van der Waals surface area contributed by atoms with Crippen molar-refractivity contribution in [2.75, 3.05) is 12.0 Å². The van der Waals surface area contributed by atoms with Crippen molar-refractivity contribution in [3.8, 4) is 11.5 Å². The van der Waals surface area contributed by atoms with Gasteiger partial charge in [0.1, 0.15) is 5.62 Å². The Hall–Kier alpha value is -0.660. The molecule has 1 unspecified atom stereocenters. The van der Waals surface area contributed by atoms with Gasteiger partial charge in [0.05, 0.1) is 0 Å². The molecular formula is C8H8ClO3P. The van der Waals surface area contributed by atoms with E-state index in [0.29, 0.717) is 11.5 Å². The summed E-state index contributed by atoms with van der Waals surface area (Å²) >= 11 is 5.52. The highest BCUT2D eigenvalue weighted by Crippen LogP contribution is 2.53. The van der Waals surface area contributed by atoms with Crippen LogP contribution in [0.25, 0.3) is 0 Å². The summed E-state index contributed by atoms with van der Waals surface area (Å²) in [6.45, 7) is 0. The fourth-order valence-corrected chi connectivity index (χ4v) is 2.45. The molecule has 1 atom stereocenters. The Bertz CT molecular complexity index is 366. The lowest BCUT2D eigenvalue weighted by molar-refractivity contribution is 0.316. The quantitative estimate of drug-likeness (QED) is 0.537. The first kappa shape index (κ1) is 8.92. The minimum Gasteiger partial charge on any atom is -0.478 e. The van der Waals surface area contributed by atoms with E-state index in [4.69, 9.17) is 20.9 Å². The fraction of sp³-hybridized carbons (Fsp3) is 0.250. The number of ether oxygens (including phenoxy) is 1. The molecule has 0 aliphatic carbocycles. The molecule has 13 heavy (non-hydrogen) atoms. The number of fused-ring (bicyclic) bond motifs is 1. The average molecular weight is 219 g/mol. The summed E-state index contributed by atoms with van der Waals surface area (Å²) in [5.41, 5.74) is -0.0126. The van der Waals surface area contributed by atoms with E-state index in [1.165, 1.54) is 0 Å². The molecule has 2 rings (SSSR count). The second kappa shape index (κ2) is 3.24. The van der Waals surface area contributed by atoms with Gasteiger partial charge in [0.15, 0.2) is 17.8 Å². The number of hydrogen-bond donors (Lipinski definition) is 0. The Morgan fingerprint density at radius 3 is 2.77 bits per heavy atom. The largest absolute Gasteiger partial charge is 0.478 e. The van der Waals surface area contributed by atoms with Crippen LogP contribution >= 0.6 is 19.0 Å². The van der Waals surface area contributed by atoms with E-state index >= 15 is 0 Å². The van der Waals surface area contributed by atoms with Gasteiger partial charge in [0.2, 0.25) is 0 Å². The Labute approximate surface area is 81.1 Å². The fourth-order valence-electron chi connectivity index (χ4n) is 1.08. The first-order valence-corrected chi connectivity index (χ1v) is 6.32. The second-order valence-corrected chi connectivity index (χ2v) is 5.77. The van der Waals surface area contributed by atoms with Crippen LogP contribution in [0.2, 0.25) is 0 Å². The van der Waals surface area contributed by atoms with E-state index in [0.717, 1.165) is 0 Å². The Balaban J connectivity index is 2.35. The van der Waals surface area contributed by atoms with Gasteiger partial charge in [0, 0.05) is 0 Å². The third-order valence-corrected chi connectivity index (χ3v) is 4.22. The summed E-state index contributed by atoms with van der Waals surface area (Å²) in [6.07, 6.45) is 0.0630. The van der Waals surface area contributed by atoms with Gasteiger partial charge >= 0.3 is 0 Å². The normalized spacial score (nSPS) is 25.6. The van der Waals surface area contributed by atoms with E-state index in [9.17, 15) is 4.57 Å². The molecule has 0 radical (unpaired) electrons. The minimum atomic E-state index is -2.78. The molecule has 1 heterocycles. The highest BCUT2D eigenvalue weighted by Gasteiger charge is 2.30. The predicted octanol–water partition coefficient (Wildman–Crippen LogP) is 2.89. The Kier molecular flexibility index (Phi) is 2.22. The van der Waals surface area contributed by atoms with Gasteiger partial charge < -0.3 is 9.26 Å². The monoisotopic (exact) mass is 218 g/mol. The summed E-state index contributed by atoms with van der Waals surface area (Å²) in [4.78, 5) is 0. The van der Waals surface area contributed by atoms with Gasteiger partial charge in [-0.25, -0.2) is 0 Å². The number of para-hydroxylation sites is 2. The molecule has 1 aromatic rings. The molecule has 0 N–H and O–H groups in total. The highest BCUT2D eigenvalue weighted by atomic mass is 35.5. The van der Waals surface area contributed by atoms with Crippen molar-refractivity contribution >= 4 is 19.0 Å². The van der Waals surface area contributed by atoms with Crippen LogP contribution < -0.4 is 9.26 Å². The maximum Gasteiger partial charge on any atom is 0.298 e. The van der Waals surface area contributed by atoms with Gasteiger partial charge in [-0.05, 0) is 12.1 Å². The van der Waals surface area contributed by atoms with Crippen molar-refractivity contribution < 1.29 is 13.8 Å². The summed E-state index contributed by atoms with van der Waals surface area (Å²) in [6, 6.07) is 7.12. The summed E-state index contributed by atoms with van der Waals surface area (Å²) < 4.78 is 22.2. The molecular weight excluding hydrogens is 211 g/mol. The predicted molar refractivity (Wildman–Crippen MR) is 50.9 cm³/mol. The molecule has 0 saturated carbocycles. The number of hydrogen-bond acceptors (Lipinski definition) is 3. The van der Waals surface area contributed by atoms with Gasteiger partial charge in [-0.3, -0.25) is 4.57 Å². The van der Waals surface area contributed by atoms with E-state index in [1.54, 1.807) is 18.2 Å². The summed E-state index contributed by atoms with van der Waals surface area (Å²) in [7, 11) is -2.78. The average Bonchev–Trinajstić information content (AvgIpc) is 2.18. The van der Waals surface area contributed by atoms with Crippen LogP contribution in [0.4, 0.5) is 0 Å². The van der Waals surface area contributed by atoms with Crippen molar-refractivity contribution in [2.45, 2.75) is 0 Å². The maximum atomic E-state index is 11.7. The molecule has 0 amide bonds. The van der Waals surface area contributed by atoms with Crippen molar-refractivity contribution in [3.63, 3.8) is 0 Å². The zero-order chi connectivity index (χ0) is 9.31. The first-order chi connectivity index (χ1) is 6.23. The topological polar surface area (TPSA) is 35.5 Å². The first-order valence-electron chi connectivity index (χ1n) is 3.79. The summed E-state index contributed by atoms with van der Waals surface area (Å²) in [5.74, 6) is 1.14. The highest BCUT2D eigenvalue weighted by molar-refractivity contribution is 7.60. The molecule has 0 bridgehead atoms. The van der Waals surface area contributed by atoms with Crippen LogP contribution in [0.3, 0.4) is 0 Å². The van der Waals surface area contributed by atoms with E-state index in [-0.39, 0.29) is 12.0 Å². The van der Waals surface area contributed by atoms with Crippen LogP contribution in [0.5, 0.6) is 11.5 Å². The van der Waals surface area contributed by atoms with Gasteiger partial charge in [0.25, 0.3) is 7.37 Å². The molecule has 1 aromatic carbocycles. The molecule has 3 nitrogen and oxygen atoms in total.